The Hall–Kier alpha value is -1.17. The van der Waals surface area contributed by atoms with Crippen molar-refractivity contribution in [2.24, 2.45) is 5.92 Å². The lowest BCUT2D eigenvalue weighted by atomic mass is 9.90. The van der Waals surface area contributed by atoms with Gasteiger partial charge in [-0.25, -0.2) is 0 Å². The third-order valence-electron chi connectivity index (χ3n) is 3.38. The molecular weight excluding hydrogens is 317 g/mol. The number of nitro groups is 1. The van der Waals surface area contributed by atoms with Gasteiger partial charge >= 0.3 is 5.69 Å². The predicted octanol–water partition coefficient (Wildman–Crippen LogP) is 4.46. The molecule has 1 aliphatic rings. The summed E-state index contributed by atoms with van der Waals surface area (Å²) < 4.78 is 19.5. The van der Waals surface area contributed by atoms with Crippen LogP contribution in [0.25, 0.3) is 0 Å². The van der Waals surface area contributed by atoms with Gasteiger partial charge in [-0.3, -0.25) is 10.1 Å². The Labute approximate surface area is 119 Å². The van der Waals surface area contributed by atoms with E-state index >= 15 is 0 Å². The van der Waals surface area contributed by atoms with Gasteiger partial charge < -0.3 is 4.74 Å². The fourth-order valence-corrected chi connectivity index (χ4v) is 2.80. The summed E-state index contributed by atoms with van der Waals surface area (Å²) in [4.78, 5) is 10.1. The Morgan fingerprint density at radius 1 is 1.37 bits per heavy atom. The Bertz CT molecular complexity index is 475. The molecule has 0 bridgehead atoms. The smallest absolute Gasteiger partial charge is 0.346 e. The van der Waals surface area contributed by atoms with E-state index in [1.165, 1.54) is 25.3 Å². The second-order valence-corrected chi connectivity index (χ2v) is 5.72. The third-order valence-corrected chi connectivity index (χ3v) is 3.83. The number of hydrogen-bond acceptors (Lipinski definition) is 3. The molecule has 0 unspecified atom stereocenters. The van der Waals surface area contributed by atoms with Gasteiger partial charge in [-0.1, -0.05) is 35.2 Å². The van der Waals surface area contributed by atoms with E-state index in [-0.39, 0.29) is 5.75 Å². The maximum Gasteiger partial charge on any atom is 0.346 e. The van der Waals surface area contributed by atoms with Gasteiger partial charge in [0.25, 0.3) is 0 Å². The zero-order chi connectivity index (χ0) is 13.8. The van der Waals surface area contributed by atoms with Crippen LogP contribution < -0.4 is 4.74 Å². The normalized spacial score (nSPS) is 16.3. The maximum absolute atomic E-state index is 13.6. The minimum atomic E-state index is -0.877. The van der Waals surface area contributed by atoms with Crippen LogP contribution >= 0.6 is 15.9 Å². The van der Waals surface area contributed by atoms with Gasteiger partial charge in [-0.05, 0) is 24.8 Å². The molecule has 6 heteroatoms. The lowest BCUT2D eigenvalue weighted by Crippen LogP contribution is -2.16. The Morgan fingerprint density at radius 3 is 2.68 bits per heavy atom. The molecule has 0 atom stereocenters. The highest BCUT2D eigenvalue weighted by molar-refractivity contribution is 9.10. The monoisotopic (exact) mass is 331 g/mol. The molecule has 0 saturated heterocycles. The van der Waals surface area contributed by atoms with Crippen LogP contribution in [0.2, 0.25) is 0 Å². The average Bonchev–Trinajstić information content (AvgIpc) is 2.36. The molecule has 0 aromatic heterocycles. The Kier molecular flexibility index (Phi) is 4.74. The van der Waals surface area contributed by atoms with Crippen LogP contribution in [0.4, 0.5) is 10.1 Å². The summed E-state index contributed by atoms with van der Waals surface area (Å²) in [5.41, 5.74) is -0.584. The van der Waals surface area contributed by atoms with Gasteiger partial charge in [0.2, 0.25) is 11.6 Å². The molecule has 0 amide bonds. The average molecular weight is 332 g/mol. The van der Waals surface area contributed by atoms with E-state index in [0.29, 0.717) is 17.0 Å². The van der Waals surface area contributed by atoms with E-state index in [9.17, 15) is 14.5 Å². The molecule has 0 N–H and O–H groups in total. The molecule has 1 fully saturated rings. The molecule has 2 rings (SSSR count). The summed E-state index contributed by atoms with van der Waals surface area (Å²) in [6, 6.07) is 2.52. The van der Waals surface area contributed by atoms with E-state index in [4.69, 9.17) is 4.74 Å². The predicted molar refractivity (Wildman–Crippen MR) is 72.8 cm³/mol. The molecule has 19 heavy (non-hydrogen) atoms. The largest absolute Gasteiger partial charge is 0.486 e. The zero-order valence-corrected chi connectivity index (χ0v) is 12.0. The summed E-state index contributed by atoms with van der Waals surface area (Å²) in [6.45, 7) is 0.413. The van der Waals surface area contributed by atoms with Gasteiger partial charge in [0.1, 0.15) is 0 Å². The number of hydrogen-bond donors (Lipinski definition) is 0. The molecule has 0 aliphatic heterocycles. The minimum Gasteiger partial charge on any atom is -0.486 e. The van der Waals surface area contributed by atoms with E-state index < -0.39 is 16.4 Å². The molecule has 0 heterocycles. The van der Waals surface area contributed by atoms with Crippen LogP contribution in [-0.4, -0.2) is 11.5 Å². The van der Waals surface area contributed by atoms with Crippen LogP contribution in [0.3, 0.4) is 0 Å². The molecule has 0 radical (unpaired) electrons. The molecule has 0 spiro atoms. The lowest BCUT2D eigenvalue weighted by Gasteiger charge is -2.21. The van der Waals surface area contributed by atoms with Crippen molar-refractivity contribution in [2.75, 3.05) is 6.61 Å². The van der Waals surface area contributed by atoms with E-state index in [2.05, 4.69) is 15.9 Å². The highest BCUT2D eigenvalue weighted by Crippen LogP contribution is 2.34. The first-order valence-corrected chi connectivity index (χ1v) is 7.13. The number of nitrogens with zero attached hydrogens (tertiary/aromatic N) is 1. The van der Waals surface area contributed by atoms with Crippen molar-refractivity contribution in [2.45, 2.75) is 32.1 Å². The quantitative estimate of drug-likeness (QED) is 0.604. The standard InChI is InChI=1S/C13H15BrFNO3/c14-10-6-11(15)13(16(17)18)12(7-10)19-8-9-4-2-1-3-5-9/h6-7,9H,1-5,8H2. The van der Waals surface area contributed by atoms with Gasteiger partial charge in [-0.2, -0.15) is 4.39 Å². The van der Waals surface area contributed by atoms with Crippen molar-refractivity contribution in [1.29, 1.82) is 0 Å². The van der Waals surface area contributed by atoms with Crippen LogP contribution in [0.15, 0.2) is 16.6 Å². The van der Waals surface area contributed by atoms with Gasteiger partial charge in [-0.15, -0.1) is 0 Å². The number of benzene rings is 1. The first-order valence-electron chi connectivity index (χ1n) is 6.34. The fraction of sp³-hybridized carbons (Fsp3) is 0.538. The molecule has 1 aromatic rings. The van der Waals surface area contributed by atoms with E-state index in [1.807, 2.05) is 0 Å². The van der Waals surface area contributed by atoms with E-state index in [1.54, 1.807) is 0 Å². The number of halogens is 2. The first kappa shape index (κ1) is 14.2. The van der Waals surface area contributed by atoms with Crippen molar-refractivity contribution in [1.82, 2.24) is 0 Å². The highest BCUT2D eigenvalue weighted by Gasteiger charge is 2.24. The Balaban J connectivity index is 2.12. The SMILES string of the molecule is O=[N+]([O-])c1c(F)cc(Br)cc1OCC1CCCCC1. The van der Waals surface area contributed by atoms with Crippen LogP contribution in [0.5, 0.6) is 5.75 Å². The lowest BCUT2D eigenvalue weighted by molar-refractivity contribution is -0.388. The molecule has 4 nitrogen and oxygen atoms in total. The fourth-order valence-electron chi connectivity index (χ4n) is 2.39. The highest BCUT2D eigenvalue weighted by atomic mass is 79.9. The number of ether oxygens (including phenoxy) is 1. The van der Waals surface area contributed by atoms with Crippen molar-refractivity contribution in [3.05, 3.63) is 32.5 Å². The van der Waals surface area contributed by atoms with Crippen molar-refractivity contribution in [3.63, 3.8) is 0 Å². The first-order chi connectivity index (χ1) is 9.08. The van der Waals surface area contributed by atoms with Crippen LogP contribution in [-0.2, 0) is 0 Å². The topological polar surface area (TPSA) is 52.4 Å². The molecule has 1 aromatic carbocycles. The van der Waals surface area contributed by atoms with E-state index in [0.717, 1.165) is 18.9 Å². The summed E-state index contributed by atoms with van der Waals surface area (Å²) in [5.74, 6) is -0.462. The molecule has 1 saturated carbocycles. The van der Waals surface area contributed by atoms with Crippen molar-refractivity contribution < 1.29 is 14.1 Å². The van der Waals surface area contributed by atoms with Crippen LogP contribution in [0, 0.1) is 21.8 Å². The zero-order valence-electron chi connectivity index (χ0n) is 10.4. The number of rotatable bonds is 4. The summed E-state index contributed by atoms with van der Waals surface area (Å²) in [7, 11) is 0. The molecule has 1 aliphatic carbocycles. The van der Waals surface area contributed by atoms with Gasteiger partial charge in [0, 0.05) is 10.5 Å². The minimum absolute atomic E-state index is 0.00227. The molecule has 104 valence electrons. The van der Waals surface area contributed by atoms with Crippen molar-refractivity contribution >= 4 is 21.6 Å². The summed E-state index contributed by atoms with van der Waals surface area (Å²) >= 11 is 3.12. The summed E-state index contributed by atoms with van der Waals surface area (Å²) in [6.07, 6.45) is 5.72. The van der Waals surface area contributed by atoms with Gasteiger partial charge in [0.15, 0.2) is 0 Å². The molecular formula is C13H15BrFNO3. The van der Waals surface area contributed by atoms with Crippen molar-refractivity contribution in [3.8, 4) is 5.75 Å². The third kappa shape index (κ3) is 3.65. The Morgan fingerprint density at radius 2 is 2.05 bits per heavy atom. The van der Waals surface area contributed by atoms with Gasteiger partial charge in [0.05, 0.1) is 11.5 Å². The van der Waals surface area contributed by atoms with Crippen LogP contribution in [0.1, 0.15) is 32.1 Å². The maximum atomic E-state index is 13.6. The number of nitro benzene ring substituents is 1. The summed E-state index contributed by atoms with van der Waals surface area (Å²) in [5, 5.41) is 10.9. The second kappa shape index (κ2) is 6.32. The second-order valence-electron chi connectivity index (χ2n) is 4.81.